The molecule has 1 saturated heterocycles. The Morgan fingerprint density at radius 3 is 3.25 bits per heavy atom. The fourth-order valence-corrected chi connectivity index (χ4v) is 2.17. The molecule has 0 spiro atoms. The number of nitrogens with zero attached hydrogens (tertiary/aromatic N) is 2. The molecule has 0 aromatic carbocycles. The Balaban J connectivity index is 2.02. The summed E-state index contributed by atoms with van der Waals surface area (Å²) in [5, 5.41) is 6.60. The van der Waals surface area contributed by atoms with Crippen LogP contribution in [-0.2, 0) is 11.3 Å². The first-order valence-electron chi connectivity index (χ1n) is 5.66. The number of hydrogen-bond donors (Lipinski definition) is 1. The van der Waals surface area contributed by atoms with E-state index in [0.717, 1.165) is 31.5 Å². The number of aromatic nitrogens is 1. The molecule has 0 radical (unpaired) electrons. The molecule has 1 N–H and O–H groups in total. The Morgan fingerprint density at radius 1 is 1.69 bits per heavy atom. The van der Waals surface area contributed by atoms with E-state index in [2.05, 4.69) is 15.4 Å². The molecule has 1 aromatic rings. The third-order valence-electron chi connectivity index (χ3n) is 3.02. The monoisotopic (exact) mass is 223 g/mol. The standard InChI is InChI=1S/C11H17N3O2/c1-12-11(15)10-4-2-3-6-14(10)8-9-5-7-16-13-9/h5,7,10H,2-4,6,8H2,1H3,(H,12,15). The highest BCUT2D eigenvalue weighted by Crippen LogP contribution is 2.19. The number of amides is 1. The first-order valence-corrected chi connectivity index (χ1v) is 5.66. The van der Waals surface area contributed by atoms with Gasteiger partial charge in [0.15, 0.2) is 0 Å². The highest BCUT2D eigenvalue weighted by atomic mass is 16.5. The fraction of sp³-hybridized carbons (Fsp3) is 0.636. The molecule has 16 heavy (non-hydrogen) atoms. The van der Waals surface area contributed by atoms with Crippen LogP contribution >= 0.6 is 0 Å². The minimum absolute atomic E-state index is 0.0181. The maximum Gasteiger partial charge on any atom is 0.237 e. The van der Waals surface area contributed by atoms with Crippen LogP contribution < -0.4 is 5.32 Å². The van der Waals surface area contributed by atoms with Crippen LogP contribution in [0.15, 0.2) is 16.9 Å². The van der Waals surface area contributed by atoms with Crippen LogP contribution in [0.4, 0.5) is 0 Å². The molecule has 1 aromatic heterocycles. The summed E-state index contributed by atoms with van der Waals surface area (Å²) < 4.78 is 4.80. The van der Waals surface area contributed by atoms with Gasteiger partial charge >= 0.3 is 0 Å². The molecule has 0 bridgehead atoms. The molecule has 1 amide bonds. The summed E-state index contributed by atoms with van der Waals surface area (Å²) in [6.07, 6.45) is 4.75. The summed E-state index contributed by atoms with van der Waals surface area (Å²) >= 11 is 0. The Labute approximate surface area is 94.8 Å². The average molecular weight is 223 g/mol. The van der Waals surface area contributed by atoms with Gasteiger partial charge in [-0.05, 0) is 19.4 Å². The molecule has 0 saturated carbocycles. The number of likely N-dealkylation sites (tertiary alicyclic amines) is 1. The van der Waals surface area contributed by atoms with Crippen LogP contribution in [0.1, 0.15) is 25.0 Å². The van der Waals surface area contributed by atoms with Crippen molar-refractivity contribution < 1.29 is 9.32 Å². The second-order valence-electron chi connectivity index (χ2n) is 4.09. The minimum Gasteiger partial charge on any atom is -0.364 e. The Bertz CT molecular complexity index is 337. The van der Waals surface area contributed by atoms with Gasteiger partial charge in [-0.15, -0.1) is 0 Å². The maximum atomic E-state index is 11.7. The van der Waals surface area contributed by atoms with E-state index in [9.17, 15) is 4.79 Å². The topological polar surface area (TPSA) is 58.4 Å². The molecular formula is C11H17N3O2. The maximum absolute atomic E-state index is 11.7. The molecule has 1 atom stereocenters. The van der Waals surface area contributed by atoms with E-state index in [1.54, 1.807) is 13.3 Å². The van der Waals surface area contributed by atoms with Crippen molar-refractivity contribution in [2.45, 2.75) is 31.8 Å². The second kappa shape index (κ2) is 5.12. The molecule has 2 heterocycles. The highest BCUT2D eigenvalue weighted by molar-refractivity contribution is 5.81. The summed E-state index contributed by atoms with van der Waals surface area (Å²) in [5.41, 5.74) is 0.885. The lowest BCUT2D eigenvalue weighted by Crippen LogP contribution is -2.48. The zero-order chi connectivity index (χ0) is 11.4. The number of carbonyl (C=O) groups is 1. The molecule has 1 aliphatic heterocycles. The normalized spacial score (nSPS) is 21.9. The molecule has 0 aliphatic carbocycles. The van der Waals surface area contributed by atoms with Crippen LogP contribution in [0.5, 0.6) is 0 Å². The number of piperidine rings is 1. The third-order valence-corrected chi connectivity index (χ3v) is 3.02. The predicted molar refractivity (Wildman–Crippen MR) is 58.6 cm³/mol. The Hall–Kier alpha value is -1.36. The Kier molecular flexibility index (Phi) is 3.56. The smallest absolute Gasteiger partial charge is 0.237 e. The first-order chi connectivity index (χ1) is 7.81. The van der Waals surface area contributed by atoms with E-state index < -0.39 is 0 Å². The molecule has 5 nitrogen and oxygen atoms in total. The van der Waals surface area contributed by atoms with Crippen molar-refractivity contribution in [1.29, 1.82) is 0 Å². The van der Waals surface area contributed by atoms with Crippen LogP contribution in [0.2, 0.25) is 0 Å². The minimum atomic E-state index is -0.0181. The summed E-state index contributed by atoms with van der Waals surface area (Å²) in [6.45, 7) is 1.64. The lowest BCUT2D eigenvalue weighted by molar-refractivity contribution is -0.127. The van der Waals surface area contributed by atoms with Crippen molar-refractivity contribution >= 4 is 5.91 Å². The molecule has 5 heteroatoms. The van der Waals surface area contributed by atoms with E-state index in [4.69, 9.17) is 4.52 Å². The second-order valence-corrected chi connectivity index (χ2v) is 4.09. The van der Waals surface area contributed by atoms with Crippen molar-refractivity contribution in [3.05, 3.63) is 18.0 Å². The van der Waals surface area contributed by atoms with Crippen LogP contribution in [0, 0.1) is 0 Å². The largest absolute Gasteiger partial charge is 0.364 e. The SMILES string of the molecule is CNC(=O)C1CCCCN1Cc1ccon1. The molecule has 1 aliphatic rings. The zero-order valence-corrected chi connectivity index (χ0v) is 9.48. The van der Waals surface area contributed by atoms with Gasteiger partial charge in [0.05, 0.1) is 11.7 Å². The van der Waals surface area contributed by atoms with E-state index in [1.807, 2.05) is 6.07 Å². The number of nitrogens with one attached hydrogen (secondary N) is 1. The van der Waals surface area contributed by atoms with E-state index in [-0.39, 0.29) is 11.9 Å². The van der Waals surface area contributed by atoms with Gasteiger partial charge in [-0.25, -0.2) is 0 Å². The van der Waals surface area contributed by atoms with Gasteiger partial charge in [0.25, 0.3) is 0 Å². The van der Waals surface area contributed by atoms with Crippen molar-refractivity contribution in [3.63, 3.8) is 0 Å². The van der Waals surface area contributed by atoms with Gasteiger partial charge in [0, 0.05) is 19.7 Å². The molecule has 2 rings (SSSR count). The number of hydrogen-bond acceptors (Lipinski definition) is 4. The third kappa shape index (κ3) is 2.41. The highest BCUT2D eigenvalue weighted by Gasteiger charge is 2.28. The fourth-order valence-electron chi connectivity index (χ4n) is 2.17. The molecule has 88 valence electrons. The lowest BCUT2D eigenvalue weighted by Gasteiger charge is -2.33. The number of carbonyl (C=O) groups excluding carboxylic acids is 1. The number of rotatable bonds is 3. The van der Waals surface area contributed by atoms with Crippen molar-refractivity contribution in [2.24, 2.45) is 0 Å². The first kappa shape index (κ1) is 11.1. The summed E-state index contributed by atoms with van der Waals surface area (Å²) in [5.74, 6) is 0.100. The van der Waals surface area contributed by atoms with Gasteiger partial charge in [0.2, 0.25) is 5.91 Å². The van der Waals surface area contributed by atoms with Crippen LogP contribution in [0.25, 0.3) is 0 Å². The van der Waals surface area contributed by atoms with Crippen molar-refractivity contribution in [2.75, 3.05) is 13.6 Å². The molecule has 1 fully saturated rings. The number of likely N-dealkylation sites (N-methyl/N-ethyl adjacent to an activating group) is 1. The van der Waals surface area contributed by atoms with E-state index >= 15 is 0 Å². The summed E-state index contributed by atoms with van der Waals surface area (Å²) in [7, 11) is 1.69. The summed E-state index contributed by atoms with van der Waals surface area (Å²) in [4.78, 5) is 13.9. The Morgan fingerprint density at radius 2 is 2.56 bits per heavy atom. The summed E-state index contributed by atoms with van der Waals surface area (Å²) in [6, 6.07) is 1.82. The van der Waals surface area contributed by atoms with Gasteiger partial charge in [-0.3, -0.25) is 9.69 Å². The van der Waals surface area contributed by atoms with Crippen molar-refractivity contribution in [3.8, 4) is 0 Å². The van der Waals surface area contributed by atoms with Crippen LogP contribution in [-0.4, -0.2) is 35.6 Å². The molecule has 1 unspecified atom stereocenters. The van der Waals surface area contributed by atoms with Gasteiger partial charge in [-0.1, -0.05) is 11.6 Å². The lowest BCUT2D eigenvalue weighted by atomic mass is 10.0. The average Bonchev–Trinajstić information content (AvgIpc) is 2.82. The quantitative estimate of drug-likeness (QED) is 0.822. The van der Waals surface area contributed by atoms with E-state index in [1.165, 1.54) is 0 Å². The van der Waals surface area contributed by atoms with Crippen LogP contribution in [0.3, 0.4) is 0 Å². The van der Waals surface area contributed by atoms with Gasteiger partial charge < -0.3 is 9.84 Å². The molecular weight excluding hydrogens is 206 g/mol. The van der Waals surface area contributed by atoms with Crippen molar-refractivity contribution in [1.82, 2.24) is 15.4 Å². The van der Waals surface area contributed by atoms with Gasteiger partial charge in [0.1, 0.15) is 6.26 Å². The predicted octanol–water partition coefficient (Wildman–Crippen LogP) is 0.775. The van der Waals surface area contributed by atoms with Gasteiger partial charge in [-0.2, -0.15) is 0 Å². The zero-order valence-electron chi connectivity index (χ0n) is 9.48. The van der Waals surface area contributed by atoms with E-state index in [0.29, 0.717) is 6.54 Å².